The summed E-state index contributed by atoms with van der Waals surface area (Å²) in [6.45, 7) is 2.16. The van der Waals surface area contributed by atoms with Gasteiger partial charge in [-0.3, -0.25) is 4.79 Å². The van der Waals surface area contributed by atoms with Gasteiger partial charge in [0.25, 0.3) is 5.91 Å². The van der Waals surface area contributed by atoms with Crippen LogP contribution < -0.4 is 0 Å². The summed E-state index contributed by atoms with van der Waals surface area (Å²) < 4.78 is 5.26. The minimum atomic E-state index is -0.275. The number of rotatable bonds is 4. The average molecular weight is 376 g/mol. The SMILES string of the molecule is Cc1cccc(-c2noc(CN(C)C(=O)c3cc(Cl)ccc3Cl)n2)c1. The number of benzene rings is 2. The maximum atomic E-state index is 12.5. The molecule has 0 aliphatic carbocycles. The number of aromatic nitrogens is 2. The quantitative estimate of drug-likeness (QED) is 0.667. The molecule has 1 amide bonds. The fourth-order valence-corrected chi connectivity index (χ4v) is 2.73. The topological polar surface area (TPSA) is 59.2 Å². The van der Waals surface area contributed by atoms with E-state index in [1.165, 1.54) is 11.0 Å². The van der Waals surface area contributed by atoms with Crippen molar-refractivity contribution >= 4 is 29.1 Å². The molecular formula is C18H15Cl2N3O2. The van der Waals surface area contributed by atoms with Gasteiger partial charge in [0, 0.05) is 17.6 Å². The first-order valence-corrected chi connectivity index (χ1v) is 8.30. The highest BCUT2D eigenvalue weighted by Crippen LogP contribution is 2.23. The van der Waals surface area contributed by atoms with Gasteiger partial charge >= 0.3 is 0 Å². The zero-order chi connectivity index (χ0) is 18.0. The highest BCUT2D eigenvalue weighted by Gasteiger charge is 2.18. The van der Waals surface area contributed by atoms with E-state index in [0.717, 1.165) is 11.1 Å². The molecule has 25 heavy (non-hydrogen) atoms. The standard InChI is InChI=1S/C18H15Cl2N3O2/c1-11-4-3-5-12(8-11)17-21-16(25-22-17)10-23(2)18(24)14-9-13(19)6-7-15(14)20/h3-9H,10H2,1-2H3. The Bertz CT molecular complexity index is 924. The molecule has 0 radical (unpaired) electrons. The summed E-state index contributed by atoms with van der Waals surface area (Å²) in [7, 11) is 1.64. The number of hydrogen-bond donors (Lipinski definition) is 0. The molecule has 0 saturated carbocycles. The molecule has 0 spiro atoms. The smallest absolute Gasteiger partial charge is 0.255 e. The molecule has 0 bridgehead atoms. The number of hydrogen-bond acceptors (Lipinski definition) is 4. The van der Waals surface area contributed by atoms with Crippen molar-refractivity contribution in [3.63, 3.8) is 0 Å². The zero-order valence-corrected chi connectivity index (χ0v) is 15.2. The van der Waals surface area contributed by atoms with E-state index in [1.807, 2.05) is 31.2 Å². The van der Waals surface area contributed by atoms with E-state index < -0.39 is 0 Å². The number of aryl methyl sites for hydroxylation is 1. The van der Waals surface area contributed by atoms with Crippen LogP contribution in [-0.2, 0) is 6.54 Å². The molecule has 0 saturated heterocycles. The van der Waals surface area contributed by atoms with E-state index in [4.69, 9.17) is 27.7 Å². The molecule has 7 heteroatoms. The number of carbonyl (C=O) groups is 1. The highest BCUT2D eigenvalue weighted by atomic mass is 35.5. The van der Waals surface area contributed by atoms with Gasteiger partial charge < -0.3 is 9.42 Å². The Morgan fingerprint density at radius 3 is 2.76 bits per heavy atom. The lowest BCUT2D eigenvalue weighted by Gasteiger charge is -2.15. The number of amides is 1. The predicted octanol–water partition coefficient (Wildman–Crippen LogP) is 4.62. The lowest BCUT2D eigenvalue weighted by molar-refractivity contribution is 0.0769. The summed E-state index contributed by atoms with van der Waals surface area (Å²) in [5.41, 5.74) is 2.30. The van der Waals surface area contributed by atoms with E-state index in [1.54, 1.807) is 19.2 Å². The monoisotopic (exact) mass is 375 g/mol. The molecule has 0 fully saturated rings. The van der Waals surface area contributed by atoms with Crippen LogP contribution in [0.15, 0.2) is 47.0 Å². The van der Waals surface area contributed by atoms with Gasteiger partial charge in [-0.05, 0) is 31.2 Å². The third-order valence-corrected chi connectivity index (χ3v) is 4.19. The molecule has 0 aliphatic rings. The second-order valence-electron chi connectivity index (χ2n) is 5.67. The van der Waals surface area contributed by atoms with Gasteiger partial charge in [-0.2, -0.15) is 4.98 Å². The minimum Gasteiger partial charge on any atom is -0.337 e. The first kappa shape index (κ1) is 17.5. The summed E-state index contributed by atoms with van der Waals surface area (Å²) in [6, 6.07) is 12.6. The largest absolute Gasteiger partial charge is 0.337 e. The Labute approximate surface area is 155 Å². The van der Waals surface area contributed by atoms with Crippen LogP contribution in [0.25, 0.3) is 11.4 Å². The average Bonchev–Trinajstić information content (AvgIpc) is 3.05. The van der Waals surface area contributed by atoms with E-state index in [-0.39, 0.29) is 12.5 Å². The highest BCUT2D eigenvalue weighted by molar-refractivity contribution is 6.35. The van der Waals surface area contributed by atoms with Crippen molar-refractivity contribution < 1.29 is 9.32 Å². The predicted molar refractivity (Wildman–Crippen MR) is 96.7 cm³/mol. The van der Waals surface area contributed by atoms with Crippen molar-refractivity contribution in [1.82, 2.24) is 15.0 Å². The van der Waals surface area contributed by atoms with Crippen LogP contribution >= 0.6 is 23.2 Å². The maximum Gasteiger partial charge on any atom is 0.255 e. The van der Waals surface area contributed by atoms with Crippen LogP contribution in [0.1, 0.15) is 21.8 Å². The maximum absolute atomic E-state index is 12.5. The lowest BCUT2D eigenvalue weighted by atomic mass is 10.1. The minimum absolute atomic E-state index is 0.167. The van der Waals surface area contributed by atoms with Crippen molar-refractivity contribution in [2.24, 2.45) is 0 Å². The van der Waals surface area contributed by atoms with E-state index in [0.29, 0.717) is 27.3 Å². The molecule has 0 aliphatic heterocycles. The first-order valence-electron chi connectivity index (χ1n) is 7.54. The second kappa shape index (κ2) is 7.25. The molecule has 128 valence electrons. The van der Waals surface area contributed by atoms with Crippen molar-refractivity contribution in [2.45, 2.75) is 13.5 Å². The number of halogens is 2. The number of nitrogens with zero attached hydrogens (tertiary/aromatic N) is 3. The first-order chi connectivity index (χ1) is 11.9. The molecule has 1 aromatic heterocycles. The normalized spacial score (nSPS) is 10.7. The zero-order valence-electron chi connectivity index (χ0n) is 13.7. The van der Waals surface area contributed by atoms with Crippen LogP contribution in [0.4, 0.5) is 0 Å². The summed E-state index contributed by atoms with van der Waals surface area (Å²) in [6.07, 6.45) is 0. The molecule has 0 unspecified atom stereocenters. The molecular weight excluding hydrogens is 361 g/mol. The van der Waals surface area contributed by atoms with E-state index in [2.05, 4.69) is 10.1 Å². The van der Waals surface area contributed by atoms with Gasteiger partial charge in [-0.25, -0.2) is 0 Å². The Morgan fingerprint density at radius 1 is 1.20 bits per heavy atom. The van der Waals surface area contributed by atoms with Crippen LogP contribution in [0.3, 0.4) is 0 Å². The van der Waals surface area contributed by atoms with Gasteiger partial charge in [0.05, 0.1) is 17.1 Å². The summed E-state index contributed by atoms with van der Waals surface area (Å²) in [5.74, 6) is 0.550. The fourth-order valence-electron chi connectivity index (χ4n) is 2.36. The third kappa shape index (κ3) is 4.00. The van der Waals surface area contributed by atoms with Gasteiger partial charge in [-0.1, -0.05) is 52.1 Å². The summed E-state index contributed by atoms with van der Waals surface area (Å²) in [4.78, 5) is 18.3. The van der Waals surface area contributed by atoms with Gasteiger partial charge in [0.1, 0.15) is 0 Å². The van der Waals surface area contributed by atoms with Crippen molar-refractivity contribution in [3.8, 4) is 11.4 Å². The Morgan fingerprint density at radius 2 is 2.00 bits per heavy atom. The van der Waals surface area contributed by atoms with Gasteiger partial charge in [-0.15, -0.1) is 0 Å². The van der Waals surface area contributed by atoms with Crippen molar-refractivity contribution in [2.75, 3.05) is 7.05 Å². The molecule has 3 rings (SSSR count). The van der Waals surface area contributed by atoms with Gasteiger partial charge in [0.2, 0.25) is 11.7 Å². The van der Waals surface area contributed by atoms with E-state index >= 15 is 0 Å². The Hall–Kier alpha value is -2.37. The van der Waals surface area contributed by atoms with Crippen molar-refractivity contribution in [1.29, 1.82) is 0 Å². The Kier molecular flexibility index (Phi) is 5.06. The molecule has 1 heterocycles. The van der Waals surface area contributed by atoms with Crippen LogP contribution in [0.2, 0.25) is 10.0 Å². The van der Waals surface area contributed by atoms with Gasteiger partial charge in [0.15, 0.2) is 0 Å². The lowest BCUT2D eigenvalue weighted by Crippen LogP contribution is -2.26. The summed E-state index contributed by atoms with van der Waals surface area (Å²) >= 11 is 12.0. The molecule has 5 nitrogen and oxygen atoms in total. The van der Waals surface area contributed by atoms with Crippen LogP contribution in [0, 0.1) is 6.92 Å². The molecule has 2 aromatic carbocycles. The second-order valence-corrected chi connectivity index (χ2v) is 6.51. The van der Waals surface area contributed by atoms with E-state index in [9.17, 15) is 4.79 Å². The third-order valence-electron chi connectivity index (χ3n) is 3.62. The molecule has 3 aromatic rings. The fraction of sp³-hybridized carbons (Fsp3) is 0.167. The van der Waals surface area contributed by atoms with Crippen LogP contribution in [0.5, 0.6) is 0 Å². The van der Waals surface area contributed by atoms with Crippen molar-refractivity contribution in [3.05, 3.63) is 69.5 Å². The Balaban J connectivity index is 1.76. The molecule has 0 N–H and O–H groups in total. The molecule has 0 atom stereocenters. The summed E-state index contributed by atoms with van der Waals surface area (Å²) in [5, 5.41) is 4.76. The van der Waals surface area contributed by atoms with Crippen LogP contribution in [-0.4, -0.2) is 28.0 Å². The number of carbonyl (C=O) groups excluding carboxylic acids is 1.